The molecule has 0 aliphatic rings. The molecular formula is C25H29N3O4S. The Morgan fingerprint density at radius 3 is 2.15 bits per heavy atom. The lowest BCUT2D eigenvalue weighted by molar-refractivity contribution is -0.130. The highest BCUT2D eigenvalue weighted by Gasteiger charge is 2.26. The zero-order valence-corrected chi connectivity index (χ0v) is 19.7. The lowest BCUT2D eigenvalue weighted by Crippen LogP contribution is -2.50. The van der Waals surface area contributed by atoms with Gasteiger partial charge < -0.3 is 10.6 Å². The van der Waals surface area contributed by atoms with Crippen LogP contribution < -0.4 is 15.8 Å². The smallest absolute Gasteiger partial charge is 0.243 e. The van der Waals surface area contributed by atoms with Crippen molar-refractivity contribution in [1.29, 1.82) is 0 Å². The number of benzene rings is 3. The van der Waals surface area contributed by atoms with Gasteiger partial charge in [-0.2, -0.15) is 0 Å². The molecule has 0 aliphatic heterocycles. The number of carbonyl (C=O) groups is 2. The number of carbonyl (C=O) groups excluding carboxylic acids is 2. The summed E-state index contributed by atoms with van der Waals surface area (Å²) >= 11 is 0. The topological polar surface area (TPSA) is 118 Å². The molecule has 2 atom stereocenters. The minimum absolute atomic E-state index is 0.00512. The fourth-order valence-electron chi connectivity index (χ4n) is 3.71. The molecule has 0 radical (unpaired) electrons. The van der Waals surface area contributed by atoms with E-state index in [4.69, 9.17) is 5.14 Å². The van der Waals surface area contributed by atoms with Crippen LogP contribution in [0.25, 0.3) is 10.8 Å². The summed E-state index contributed by atoms with van der Waals surface area (Å²) < 4.78 is 22.9. The van der Waals surface area contributed by atoms with E-state index in [1.807, 2.05) is 56.3 Å². The van der Waals surface area contributed by atoms with Crippen LogP contribution in [0.3, 0.4) is 0 Å². The van der Waals surface area contributed by atoms with E-state index in [1.165, 1.54) is 12.1 Å². The van der Waals surface area contributed by atoms with Crippen LogP contribution in [-0.2, 0) is 26.0 Å². The van der Waals surface area contributed by atoms with E-state index < -0.39 is 16.1 Å². The zero-order chi connectivity index (χ0) is 24.2. The lowest BCUT2D eigenvalue weighted by Gasteiger charge is -2.24. The molecule has 174 valence electrons. The van der Waals surface area contributed by atoms with Gasteiger partial charge in [-0.3, -0.25) is 9.59 Å². The van der Waals surface area contributed by atoms with Crippen LogP contribution in [0.2, 0.25) is 0 Å². The zero-order valence-electron chi connectivity index (χ0n) is 18.9. The number of rotatable bonds is 8. The molecule has 0 bridgehead atoms. The molecule has 0 fully saturated rings. The molecule has 0 spiro atoms. The van der Waals surface area contributed by atoms with E-state index in [0.717, 1.165) is 21.9 Å². The first kappa shape index (κ1) is 24.4. The van der Waals surface area contributed by atoms with Gasteiger partial charge in [0.05, 0.1) is 17.4 Å². The Labute approximate surface area is 194 Å². The van der Waals surface area contributed by atoms with Crippen LogP contribution in [0.4, 0.5) is 0 Å². The normalized spacial score (nSPS) is 13.5. The Balaban J connectivity index is 1.67. The molecule has 2 unspecified atom stereocenters. The Kier molecular flexibility index (Phi) is 7.50. The van der Waals surface area contributed by atoms with E-state index in [0.29, 0.717) is 0 Å². The van der Waals surface area contributed by atoms with Gasteiger partial charge in [-0.25, -0.2) is 13.6 Å². The van der Waals surface area contributed by atoms with Gasteiger partial charge >= 0.3 is 0 Å². The van der Waals surface area contributed by atoms with Crippen molar-refractivity contribution in [3.8, 4) is 0 Å². The standard InChI is InChI=1S/C25H29N3O4S/c1-16(2)24(25(30)27-17(3)18-11-13-21(14-12-18)33(26,31)32)28-23(29)15-20-9-6-8-19-7-4-5-10-22(19)20/h4-14,16-17,24H,15H2,1-3H3,(H,27,30)(H,28,29)(H2,26,31,32). The monoisotopic (exact) mass is 467 g/mol. The highest BCUT2D eigenvalue weighted by atomic mass is 32.2. The van der Waals surface area contributed by atoms with E-state index in [2.05, 4.69) is 10.6 Å². The number of nitrogens with two attached hydrogens (primary N) is 1. The summed E-state index contributed by atoms with van der Waals surface area (Å²) in [5.74, 6) is -0.664. The number of hydrogen-bond donors (Lipinski definition) is 3. The Morgan fingerprint density at radius 2 is 1.52 bits per heavy atom. The Hall–Kier alpha value is -3.23. The van der Waals surface area contributed by atoms with Crippen molar-refractivity contribution in [2.45, 2.75) is 44.2 Å². The van der Waals surface area contributed by atoms with E-state index in [1.54, 1.807) is 19.1 Å². The first-order chi connectivity index (χ1) is 15.6. The summed E-state index contributed by atoms with van der Waals surface area (Å²) in [5, 5.41) is 13.0. The molecule has 3 rings (SSSR count). The summed E-state index contributed by atoms with van der Waals surface area (Å²) in [4.78, 5) is 25.8. The molecule has 7 nitrogen and oxygen atoms in total. The van der Waals surface area contributed by atoms with Gasteiger partial charge in [0.1, 0.15) is 6.04 Å². The molecule has 0 aromatic heterocycles. The van der Waals surface area contributed by atoms with Crippen LogP contribution >= 0.6 is 0 Å². The number of nitrogens with one attached hydrogen (secondary N) is 2. The summed E-state index contributed by atoms with van der Waals surface area (Å²) in [7, 11) is -3.78. The average molecular weight is 468 g/mol. The van der Waals surface area contributed by atoms with Crippen molar-refractivity contribution < 1.29 is 18.0 Å². The molecule has 3 aromatic rings. The SMILES string of the molecule is CC(NC(=O)C(NC(=O)Cc1cccc2ccccc12)C(C)C)c1ccc(S(N)(=O)=O)cc1. The van der Waals surface area contributed by atoms with E-state index >= 15 is 0 Å². The van der Waals surface area contributed by atoms with Crippen LogP contribution in [0, 0.1) is 5.92 Å². The summed E-state index contributed by atoms with van der Waals surface area (Å²) in [6, 6.07) is 18.6. The van der Waals surface area contributed by atoms with Crippen molar-refractivity contribution in [2.24, 2.45) is 11.1 Å². The molecule has 33 heavy (non-hydrogen) atoms. The highest BCUT2D eigenvalue weighted by Crippen LogP contribution is 2.19. The van der Waals surface area contributed by atoms with Gasteiger partial charge in [-0.05, 0) is 46.9 Å². The number of primary sulfonamides is 1. The fourth-order valence-corrected chi connectivity index (χ4v) is 4.23. The second-order valence-electron chi connectivity index (χ2n) is 8.45. The van der Waals surface area contributed by atoms with Crippen molar-refractivity contribution in [3.63, 3.8) is 0 Å². The quantitative estimate of drug-likeness (QED) is 0.472. The van der Waals surface area contributed by atoms with Crippen LogP contribution in [0.5, 0.6) is 0 Å². The van der Waals surface area contributed by atoms with Gasteiger partial charge in [-0.15, -0.1) is 0 Å². The molecule has 0 heterocycles. The average Bonchev–Trinajstić information content (AvgIpc) is 2.77. The predicted octanol–water partition coefficient (Wildman–Crippen LogP) is 3.05. The number of sulfonamides is 1. The summed E-state index contributed by atoms with van der Waals surface area (Å²) in [6.07, 6.45) is 0.169. The van der Waals surface area contributed by atoms with Gasteiger partial charge in [0.2, 0.25) is 21.8 Å². The van der Waals surface area contributed by atoms with Crippen molar-refractivity contribution in [1.82, 2.24) is 10.6 Å². The molecule has 0 aliphatic carbocycles. The summed E-state index contributed by atoms with van der Waals surface area (Å²) in [5.41, 5.74) is 1.62. The second kappa shape index (κ2) is 10.1. The largest absolute Gasteiger partial charge is 0.348 e. The maximum Gasteiger partial charge on any atom is 0.243 e. The third kappa shape index (κ3) is 6.18. The fraction of sp³-hybridized carbons (Fsp3) is 0.280. The molecule has 4 N–H and O–H groups in total. The van der Waals surface area contributed by atoms with Gasteiger partial charge in [0.15, 0.2) is 0 Å². The maximum absolute atomic E-state index is 13.0. The Morgan fingerprint density at radius 1 is 0.879 bits per heavy atom. The minimum Gasteiger partial charge on any atom is -0.348 e. The van der Waals surface area contributed by atoms with Crippen LogP contribution in [-0.4, -0.2) is 26.3 Å². The second-order valence-corrected chi connectivity index (χ2v) is 10.0. The van der Waals surface area contributed by atoms with Crippen molar-refractivity contribution in [2.75, 3.05) is 0 Å². The molecule has 0 saturated heterocycles. The first-order valence-corrected chi connectivity index (χ1v) is 12.3. The van der Waals surface area contributed by atoms with Crippen LogP contribution in [0.1, 0.15) is 37.9 Å². The third-order valence-electron chi connectivity index (χ3n) is 5.56. The minimum atomic E-state index is -3.78. The van der Waals surface area contributed by atoms with Crippen LogP contribution in [0.15, 0.2) is 71.6 Å². The van der Waals surface area contributed by atoms with Crippen molar-refractivity contribution >= 4 is 32.6 Å². The van der Waals surface area contributed by atoms with Gasteiger partial charge in [-0.1, -0.05) is 68.4 Å². The van der Waals surface area contributed by atoms with Crippen molar-refractivity contribution in [3.05, 3.63) is 77.9 Å². The molecular weight excluding hydrogens is 438 g/mol. The highest BCUT2D eigenvalue weighted by molar-refractivity contribution is 7.89. The van der Waals surface area contributed by atoms with E-state index in [-0.39, 0.29) is 35.1 Å². The third-order valence-corrected chi connectivity index (χ3v) is 6.49. The van der Waals surface area contributed by atoms with Gasteiger partial charge in [0, 0.05) is 0 Å². The molecule has 0 saturated carbocycles. The number of fused-ring (bicyclic) bond motifs is 1. The lowest BCUT2D eigenvalue weighted by atomic mass is 9.99. The first-order valence-electron chi connectivity index (χ1n) is 10.8. The molecule has 3 aromatic carbocycles. The number of hydrogen-bond acceptors (Lipinski definition) is 4. The maximum atomic E-state index is 13.0. The predicted molar refractivity (Wildman–Crippen MR) is 129 cm³/mol. The van der Waals surface area contributed by atoms with E-state index in [9.17, 15) is 18.0 Å². The number of amides is 2. The summed E-state index contributed by atoms with van der Waals surface area (Å²) in [6.45, 7) is 5.53. The Bertz CT molecular complexity index is 1250. The molecule has 2 amide bonds. The molecule has 8 heteroatoms. The van der Waals surface area contributed by atoms with Gasteiger partial charge in [0.25, 0.3) is 0 Å².